The fraction of sp³-hybridized carbons (Fsp3) is 0.150. The van der Waals surface area contributed by atoms with Crippen LogP contribution in [0.2, 0.25) is 10.0 Å². The summed E-state index contributed by atoms with van der Waals surface area (Å²) < 4.78 is 5.40. The number of benzene rings is 2. The maximum Gasteiger partial charge on any atom is 0.258 e. The molecule has 1 heterocycles. The summed E-state index contributed by atoms with van der Waals surface area (Å²) in [5.74, 6) is 0.139. The quantitative estimate of drug-likeness (QED) is 0.574. The molecule has 0 bridgehead atoms. The first-order valence-corrected chi connectivity index (χ1v) is 9.76. The molecule has 4 nitrogen and oxygen atoms in total. The van der Waals surface area contributed by atoms with E-state index in [4.69, 9.17) is 27.9 Å². The zero-order valence-electron chi connectivity index (χ0n) is 14.2. The summed E-state index contributed by atoms with van der Waals surface area (Å²) in [4.78, 5) is 13.8. The van der Waals surface area contributed by atoms with Gasteiger partial charge in [0, 0.05) is 14.8 Å². The monoisotopic (exact) mass is 421 g/mol. The fourth-order valence-corrected chi connectivity index (χ4v) is 3.84. The Hall–Kier alpha value is -2.05. The van der Waals surface area contributed by atoms with Gasteiger partial charge in [-0.25, -0.2) is 0 Å². The van der Waals surface area contributed by atoms with Gasteiger partial charge in [0.25, 0.3) is 5.91 Å². The normalized spacial score (nSPS) is 11.8. The molecule has 3 aromatic rings. The van der Waals surface area contributed by atoms with Crippen LogP contribution in [-0.2, 0) is 11.3 Å². The zero-order valence-corrected chi connectivity index (χ0v) is 16.5. The van der Waals surface area contributed by atoms with Gasteiger partial charge in [-0.05, 0) is 35.9 Å². The summed E-state index contributed by atoms with van der Waals surface area (Å²) in [5, 5.41) is 14.1. The lowest BCUT2D eigenvalue weighted by molar-refractivity contribution is -0.123. The minimum atomic E-state index is -0.670. The number of carbonyl (C=O) groups excluding carboxylic acids is 1. The van der Waals surface area contributed by atoms with Gasteiger partial charge in [-0.3, -0.25) is 4.79 Å². The molecule has 0 spiro atoms. The number of rotatable bonds is 7. The van der Waals surface area contributed by atoms with Gasteiger partial charge < -0.3 is 15.2 Å². The van der Waals surface area contributed by atoms with Crippen LogP contribution >= 0.6 is 34.5 Å². The van der Waals surface area contributed by atoms with Crippen LogP contribution in [0.25, 0.3) is 0 Å². The summed E-state index contributed by atoms with van der Waals surface area (Å²) in [7, 11) is 0. The van der Waals surface area contributed by atoms with Crippen molar-refractivity contribution in [2.45, 2.75) is 12.6 Å². The number of aliphatic hydroxyl groups is 1. The van der Waals surface area contributed by atoms with Gasteiger partial charge in [0.15, 0.2) is 6.61 Å². The summed E-state index contributed by atoms with van der Waals surface area (Å²) in [6.07, 6.45) is -0.670. The fourth-order valence-electron chi connectivity index (χ4n) is 2.41. The molecule has 1 unspecified atom stereocenters. The molecule has 1 amide bonds. The second-order valence-electron chi connectivity index (χ2n) is 5.76. The standard InChI is InChI=1S/C20H17Cl2NO3S/c21-14-6-8-17(16(22)10-14)26-12-19(24)23-11-15-7-9-18(27-15)20(25)13-4-2-1-3-5-13/h1-10,20,25H,11-12H2,(H,23,24). The minimum Gasteiger partial charge on any atom is -0.482 e. The van der Waals surface area contributed by atoms with E-state index in [1.165, 1.54) is 11.3 Å². The van der Waals surface area contributed by atoms with Crippen LogP contribution in [0.5, 0.6) is 5.75 Å². The molecule has 3 rings (SSSR count). The highest BCUT2D eigenvalue weighted by Gasteiger charge is 2.13. The molecule has 1 aromatic heterocycles. The van der Waals surface area contributed by atoms with Crippen molar-refractivity contribution in [3.05, 3.63) is 86.0 Å². The lowest BCUT2D eigenvalue weighted by atomic mass is 10.1. The highest BCUT2D eigenvalue weighted by atomic mass is 35.5. The van der Waals surface area contributed by atoms with Crippen molar-refractivity contribution in [1.82, 2.24) is 5.32 Å². The first-order chi connectivity index (χ1) is 13.0. The van der Waals surface area contributed by atoms with E-state index in [0.717, 1.165) is 15.3 Å². The third kappa shape index (κ3) is 5.47. The molecule has 140 valence electrons. The minimum absolute atomic E-state index is 0.147. The van der Waals surface area contributed by atoms with E-state index in [-0.39, 0.29) is 12.5 Å². The molecule has 2 aromatic carbocycles. The Bertz CT molecular complexity index is 915. The Morgan fingerprint density at radius 3 is 2.63 bits per heavy atom. The molecule has 0 saturated heterocycles. The Morgan fingerprint density at radius 1 is 1.11 bits per heavy atom. The Labute approximate surface area is 171 Å². The topological polar surface area (TPSA) is 58.6 Å². The van der Waals surface area contributed by atoms with E-state index >= 15 is 0 Å². The first kappa shape index (κ1) is 19.7. The van der Waals surface area contributed by atoms with Crippen LogP contribution in [0.15, 0.2) is 60.7 Å². The van der Waals surface area contributed by atoms with Crippen LogP contribution in [0.3, 0.4) is 0 Å². The Balaban J connectivity index is 1.50. The first-order valence-electron chi connectivity index (χ1n) is 8.19. The van der Waals surface area contributed by atoms with Gasteiger partial charge in [0.1, 0.15) is 11.9 Å². The number of thiophene rings is 1. The van der Waals surface area contributed by atoms with Crippen LogP contribution in [0, 0.1) is 0 Å². The largest absolute Gasteiger partial charge is 0.482 e. The number of amides is 1. The highest BCUT2D eigenvalue weighted by Crippen LogP contribution is 2.29. The zero-order chi connectivity index (χ0) is 19.2. The van der Waals surface area contributed by atoms with Gasteiger partial charge in [0.05, 0.1) is 11.6 Å². The van der Waals surface area contributed by atoms with Crippen LogP contribution in [0.1, 0.15) is 21.4 Å². The summed E-state index contributed by atoms with van der Waals surface area (Å²) in [6.45, 7) is 0.217. The summed E-state index contributed by atoms with van der Waals surface area (Å²) in [5.41, 5.74) is 0.836. The van der Waals surface area contributed by atoms with Gasteiger partial charge in [0.2, 0.25) is 0 Å². The van der Waals surface area contributed by atoms with E-state index in [1.807, 2.05) is 42.5 Å². The van der Waals surface area contributed by atoms with E-state index in [0.29, 0.717) is 22.3 Å². The number of halogens is 2. The second kappa shape index (κ2) is 9.24. The van der Waals surface area contributed by atoms with Crippen molar-refractivity contribution >= 4 is 40.4 Å². The number of hydrogen-bond donors (Lipinski definition) is 2. The van der Waals surface area contributed by atoms with Crippen molar-refractivity contribution in [3.8, 4) is 5.75 Å². The maximum absolute atomic E-state index is 12.0. The lowest BCUT2D eigenvalue weighted by Crippen LogP contribution is -2.28. The van der Waals surface area contributed by atoms with Crippen molar-refractivity contribution in [2.24, 2.45) is 0 Å². The molecule has 0 aliphatic carbocycles. The third-order valence-corrected chi connectivity index (χ3v) is 5.45. The van der Waals surface area contributed by atoms with Crippen LogP contribution in [0.4, 0.5) is 0 Å². The van der Waals surface area contributed by atoms with E-state index in [9.17, 15) is 9.90 Å². The van der Waals surface area contributed by atoms with Crippen LogP contribution < -0.4 is 10.1 Å². The molecule has 1 atom stereocenters. The Kier molecular flexibility index (Phi) is 6.74. The molecule has 0 fully saturated rings. The molecule has 7 heteroatoms. The van der Waals surface area contributed by atoms with E-state index < -0.39 is 6.10 Å². The number of nitrogens with one attached hydrogen (secondary N) is 1. The number of hydrogen-bond acceptors (Lipinski definition) is 4. The molecule has 0 aliphatic rings. The molecule has 0 saturated carbocycles. The number of ether oxygens (including phenoxy) is 1. The average molecular weight is 422 g/mol. The summed E-state index contributed by atoms with van der Waals surface area (Å²) >= 11 is 13.3. The van der Waals surface area contributed by atoms with E-state index in [1.54, 1.807) is 18.2 Å². The van der Waals surface area contributed by atoms with Gasteiger partial charge in [-0.15, -0.1) is 11.3 Å². The van der Waals surface area contributed by atoms with Gasteiger partial charge >= 0.3 is 0 Å². The maximum atomic E-state index is 12.0. The van der Waals surface area contributed by atoms with E-state index in [2.05, 4.69) is 5.32 Å². The molecule has 27 heavy (non-hydrogen) atoms. The SMILES string of the molecule is O=C(COc1ccc(Cl)cc1Cl)NCc1ccc(C(O)c2ccccc2)s1. The second-order valence-corrected chi connectivity index (χ2v) is 7.80. The molecular weight excluding hydrogens is 405 g/mol. The van der Waals surface area contributed by atoms with Crippen molar-refractivity contribution in [1.29, 1.82) is 0 Å². The molecule has 0 radical (unpaired) electrons. The van der Waals surface area contributed by atoms with Crippen molar-refractivity contribution < 1.29 is 14.6 Å². The third-order valence-electron chi connectivity index (χ3n) is 3.78. The lowest BCUT2D eigenvalue weighted by Gasteiger charge is -2.09. The van der Waals surface area contributed by atoms with Crippen molar-refractivity contribution in [2.75, 3.05) is 6.61 Å². The molecule has 2 N–H and O–H groups in total. The average Bonchev–Trinajstić information content (AvgIpc) is 3.15. The van der Waals surface area contributed by atoms with Gasteiger partial charge in [-0.1, -0.05) is 53.5 Å². The predicted octanol–water partition coefficient (Wildman–Crippen LogP) is 4.83. The number of carbonyl (C=O) groups is 1. The van der Waals surface area contributed by atoms with Crippen molar-refractivity contribution in [3.63, 3.8) is 0 Å². The number of aliphatic hydroxyl groups excluding tert-OH is 1. The molecular formula is C20H17Cl2NO3S. The Morgan fingerprint density at radius 2 is 1.89 bits per heavy atom. The summed E-state index contributed by atoms with van der Waals surface area (Å²) in [6, 6.07) is 18.0. The molecule has 0 aliphatic heterocycles. The highest BCUT2D eigenvalue weighted by molar-refractivity contribution is 7.12. The smallest absolute Gasteiger partial charge is 0.258 e. The predicted molar refractivity (Wildman–Crippen MR) is 109 cm³/mol. The van der Waals surface area contributed by atoms with Gasteiger partial charge in [-0.2, -0.15) is 0 Å². The van der Waals surface area contributed by atoms with Crippen LogP contribution in [-0.4, -0.2) is 17.6 Å².